The first-order valence-corrected chi connectivity index (χ1v) is 7.31. The van der Waals surface area contributed by atoms with Gasteiger partial charge < -0.3 is 5.32 Å². The number of fused-ring (bicyclic) bond motifs is 1. The molecular formula is C14H19BrN2. The van der Waals surface area contributed by atoms with E-state index in [1.165, 1.54) is 48.1 Å². The number of halogens is 1. The van der Waals surface area contributed by atoms with Gasteiger partial charge in [0.2, 0.25) is 0 Å². The summed E-state index contributed by atoms with van der Waals surface area (Å²) < 4.78 is 1.20. The first-order valence-electron chi connectivity index (χ1n) is 6.51. The van der Waals surface area contributed by atoms with Gasteiger partial charge in [-0.05, 0) is 50.4 Å². The summed E-state index contributed by atoms with van der Waals surface area (Å²) in [7, 11) is 0. The van der Waals surface area contributed by atoms with Crippen LogP contribution in [0, 0.1) is 6.92 Å². The van der Waals surface area contributed by atoms with E-state index in [9.17, 15) is 0 Å². The van der Waals surface area contributed by atoms with Crippen LogP contribution < -0.4 is 5.32 Å². The Morgan fingerprint density at radius 2 is 2.18 bits per heavy atom. The van der Waals surface area contributed by atoms with Crippen molar-refractivity contribution in [3.63, 3.8) is 0 Å². The first-order chi connectivity index (χ1) is 8.25. The average molecular weight is 295 g/mol. The zero-order valence-electron chi connectivity index (χ0n) is 10.2. The van der Waals surface area contributed by atoms with Crippen LogP contribution >= 0.6 is 15.9 Å². The molecule has 2 nitrogen and oxygen atoms in total. The standard InChI is InChI=1S/C14H19BrN2/c1-10-11(15)4-2-5-12(10)16-13-7-9-17-8-3-6-14(13)17/h2,4-5,13-14,16H,3,6-9H2,1H3. The van der Waals surface area contributed by atoms with Gasteiger partial charge in [-0.25, -0.2) is 0 Å². The minimum atomic E-state index is 0.644. The van der Waals surface area contributed by atoms with E-state index in [0.29, 0.717) is 6.04 Å². The summed E-state index contributed by atoms with van der Waals surface area (Å²) in [6.45, 7) is 4.75. The average Bonchev–Trinajstić information content (AvgIpc) is 2.89. The second kappa shape index (κ2) is 4.62. The van der Waals surface area contributed by atoms with Crippen molar-refractivity contribution in [2.45, 2.75) is 38.3 Å². The molecule has 2 saturated heterocycles. The molecule has 1 aromatic carbocycles. The number of hydrogen-bond donors (Lipinski definition) is 1. The molecule has 0 aromatic heterocycles. The Hall–Kier alpha value is -0.540. The Bertz CT molecular complexity index is 419. The van der Waals surface area contributed by atoms with Crippen molar-refractivity contribution >= 4 is 21.6 Å². The molecule has 1 N–H and O–H groups in total. The van der Waals surface area contributed by atoms with E-state index in [-0.39, 0.29) is 0 Å². The third-order valence-electron chi connectivity index (χ3n) is 4.21. The van der Waals surface area contributed by atoms with Crippen LogP contribution in [0.4, 0.5) is 5.69 Å². The first kappa shape index (κ1) is 11.5. The Labute approximate surface area is 112 Å². The zero-order chi connectivity index (χ0) is 11.8. The molecule has 2 heterocycles. The molecule has 2 aliphatic heterocycles. The van der Waals surface area contributed by atoms with Gasteiger partial charge in [0.25, 0.3) is 0 Å². The van der Waals surface area contributed by atoms with E-state index in [0.717, 1.165) is 6.04 Å². The molecule has 2 atom stereocenters. The normalized spacial score (nSPS) is 28.4. The predicted molar refractivity (Wildman–Crippen MR) is 75.5 cm³/mol. The summed E-state index contributed by atoms with van der Waals surface area (Å²) in [5.41, 5.74) is 2.61. The van der Waals surface area contributed by atoms with Gasteiger partial charge in [-0.1, -0.05) is 22.0 Å². The summed E-state index contributed by atoms with van der Waals surface area (Å²) >= 11 is 3.60. The summed E-state index contributed by atoms with van der Waals surface area (Å²) in [6, 6.07) is 7.83. The maximum atomic E-state index is 3.75. The van der Waals surface area contributed by atoms with Crippen molar-refractivity contribution in [2.75, 3.05) is 18.4 Å². The second-order valence-electron chi connectivity index (χ2n) is 5.20. The lowest BCUT2D eigenvalue weighted by Crippen LogP contribution is -2.33. The van der Waals surface area contributed by atoms with Crippen LogP contribution in [0.1, 0.15) is 24.8 Å². The summed E-state index contributed by atoms with van der Waals surface area (Å²) in [4.78, 5) is 2.64. The van der Waals surface area contributed by atoms with Crippen LogP contribution in [0.3, 0.4) is 0 Å². The molecule has 0 aliphatic carbocycles. The van der Waals surface area contributed by atoms with Crippen LogP contribution in [0.5, 0.6) is 0 Å². The van der Waals surface area contributed by atoms with Crippen molar-refractivity contribution in [1.29, 1.82) is 0 Å². The molecule has 0 bridgehead atoms. The fourth-order valence-electron chi connectivity index (χ4n) is 3.21. The minimum absolute atomic E-state index is 0.644. The van der Waals surface area contributed by atoms with E-state index in [2.05, 4.69) is 51.3 Å². The Kier molecular flexibility index (Phi) is 3.14. The molecule has 1 aromatic rings. The van der Waals surface area contributed by atoms with E-state index in [4.69, 9.17) is 0 Å². The molecule has 0 amide bonds. The summed E-state index contributed by atoms with van der Waals surface area (Å²) in [5.74, 6) is 0. The number of benzene rings is 1. The van der Waals surface area contributed by atoms with E-state index >= 15 is 0 Å². The predicted octanol–water partition coefficient (Wildman–Crippen LogP) is 3.41. The van der Waals surface area contributed by atoms with E-state index in [1.807, 2.05) is 0 Å². The highest BCUT2D eigenvalue weighted by Gasteiger charge is 2.37. The summed E-state index contributed by atoms with van der Waals surface area (Å²) in [6.07, 6.45) is 4.03. The molecule has 3 heteroatoms. The van der Waals surface area contributed by atoms with Gasteiger partial charge in [0.05, 0.1) is 0 Å². The molecule has 92 valence electrons. The molecule has 0 spiro atoms. The lowest BCUT2D eigenvalue weighted by atomic mass is 10.1. The molecule has 2 fully saturated rings. The van der Waals surface area contributed by atoms with Crippen molar-refractivity contribution in [3.8, 4) is 0 Å². The number of rotatable bonds is 2. The summed E-state index contributed by atoms with van der Waals surface area (Å²) in [5, 5.41) is 3.75. The monoisotopic (exact) mass is 294 g/mol. The number of nitrogens with one attached hydrogen (secondary N) is 1. The van der Waals surface area contributed by atoms with Crippen LogP contribution in [-0.2, 0) is 0 Å². The van der Waals surface area contributed by atoms with Crippen LogP contribution in [-0.4, -0.2) is 30.1 Å². The molecule has 3 rings (SSSR count). The molecule has 17 heavy (non-hydrogen) atoms. The molecule has 2 unspecified atom stereocenters. The highest BCUT2D eigenvalue weighted by molar-refractivity contribution is 9.10. The maximum absolute atomic E-state index is 3.75. The molecular weight excluding hydrogens is 276 g/mol. The smallest absolute Gasteiger partial charge is 0.0429 e. The second-order valence-corrected chi connectivity index (χ2v) is 6.05. The Balaban J connectivity index is 1.76. The van der Waals surface area contributed by atoms with Gasteiger partial charge in [0.1, 0.15) is 0 Å². The van der Waals surface area contributed by atoms with Crippen molar-refractivity contribution in [1.82, 2.24) is 4.90 Å². The highest BCUT2D eigenvalue weighted by Crippen LogP contribution is 2.32. The quantitative estimate of drug-likeness (QED) is 0.899. The topological polar surface area (TPSA) is 15.3 Å². The van der Waals surface area contributed by atoms with Gasteiger partial charge in [0, 0.05) is 28.8 Å². The van der Waals surface area contributed by atoms with Gasteiger partial charge >= 0.3 is 0 Å². The fraction of sp³-hybridized carbons (Fsp3) is 0.571. The lowest BCUT2D eigenvalue weighted by Gasteiger charge is -2.23. The van der Waals surface area contributed by atoms with Gasteiger partial charge in [-0.3, -0.25) is 4.90 Å². The molecule has 0 radical (unpaired) electrons. The van der Waals surface area contributed by atoms with Gasteiger partial charge in [-0.2, -0.15) is 0 Å². The third-order valence-corrected chi connectivity index (χ3v) is 5.07. The Morgan fingerprint density at radius 3 is 3.06 bits per heavy atom. The zero-order valence-corrected chi connectivity index (χ0v) is 11.8. The Morgan fingerprint density at radius 1 is 1.29 bits per heavy atom. The van der Waals surface area contributed by atoms with Crippen LogP contribution in [0.25, 0.3) is 0 Å². The minimum Gasteiger partial charge on any atom is -0.380 e. The van der Waals surface area contributed by atoms with Crippen molar-refractivity contribution < 1.29 is 0 Å². The van der Waals surface area contributed by atoms with E-state index in [1.54, 1.807) is 0 Å². The number of nitrogens with zero attached hydrogens (tertiary/aromatic N) is 1. The highest BCUT2D eigenvalue weighted by atomic mass is 79.9. The SMILES string of the molecule is Cc1c(Br)cccc1NC1CCN2CCCC12. The largest absolute Gasteiger partial charge is 0.380 e. The third kappa shape index (κ3) is 2.11. The van der Waals surface area contributed by atoms with Gasteiger partial charge in [-0.15, -0.1) is 0 Å². The van der Waals surface area contributed by atoms with Crippen molar-refractivity contribution in [3.05, 3.63) is 28.2 Å². The van der Waals surface area contributed by atoms with Crippen LogP contribution in [0.2, 0.25) is 0 Å². The number of hydrogen-bond acceptors (Lipinski definition) is 2. The van der Waals surface area contributed by atoms with Crippen molar-refractivity contribution in [2.24, 2.45) is 0 Å². The molecule has 0 saturated carbocycles. The fourth-order valence-corrected chi connectivity index (χ4v) is 3.58. The van der Waals surface area contributed by atoms with Gasteiger partial charge in [0.15, 0.2) is 0 Å². The van der Waals surface area contributed by atoms with E-state index < -0.39 is 0 Å². The van der Waals surface area contributed by atoms with Crippen LogP contribution in [0.15, 0.2) is 22.7 Å². The molecule has 2 aliphatic rings. The lowest BCUT2D eigenvalue weighted by molar-refractivity contribution is 0.318. The maximum Gasteiger partial charge on any atom is 0.0429 e. The number of anilines is 1.